The van der Waals surface area contributed by atoms with Gasteiger partial charge in [-0.15, -0.1) is 0 Å². The predicted octanol–water partition coefficient (Wildman–Crippen LogP) is 2.47. The van der Waals surface area contributed by atoms with Crippen molar-refractivity contribution in [3.8, 4) is 11.5 Å². The molecule has 2 aliphatic rings. The number of nitrogens with two attached hydrogens (primary N) is 1. The van der Waals surface area contributed by atoms with Crippen molar-refractivity contribution in [3.05, 3.63) is 53.6 Å². The van der Waals surface area contributed by atoms with Crippen LogP contribution in [-0.2, 0) is 9.53 Å². The second-order valence-electron chi connectivity index (χ2n) is 7.29. The molecule has 2 heterocycles. The number of hydrogen-bond donors (Lipinski definition) is 2. The second kappa shape index (κ2) is 8.95. The third-order valence-electron chi connectivity index (χ3n) is 5.22. The molecule has 1 fully saturated rings. The minimum atomic E-state index is -0.736. The van der Waals surface area contributed by atoms with Gasteiger partial charge in [0, 0.05) is 12.2 Å². The Labute approximate surface area is 179 Å². The highest BCUT2D eigenvalue weighted by atomic mass is 16.6. The summed E-state index contributed by atoms with van der Waals surface area (Å²) >= 11 is 0. The van der Waals surface area contributed by atoms with E-state index in [1.165, 1.54) is 12.1 Å². The van der Waals surface area contributed by atoms with Crippen LogP contribution >= 0.6 is 0 Å². The van der Waals surface area contributed by atoms with Crippen molar-refractivity contribution in [2.24, 2.45) is 5.73 Å². The lowest BCUT2D eigenvalue weighted by atomic mass is 10.0. The van der Waals surface area contributed by atoms with E-state index in [0.29, 0.717) is 36.9 Å². The van der Waals surface area contributed by atoms with Crippen LogP contribution in [0.2, 0.25) is 0 Å². The van der Waals surface area contributed by atoms with E-state index < -0.39 is 12.0 Å². The number of rotatable bonds is 5. The number of nitrogens with one attached hydrogen (secondary N) is 1. The first-order valence-corrected chi connectivity index (χ1v) is 10.0. The maximum Gasteiger partial charge on any atom is 0.338 e. The Bertz CT molecular complexity index is 1010. The van der Waals surface area contributed by atoms with Crippen LogP contribution in [0.4, 0.5) is 10.5 Å². The van der Waals surface area contributed by atoms with Gasteiger partial charge in [-0.3, -0.25) is 4.79 Å². The molecule has 3 N–H and O–H groups in total. The van der Waals surface area contributed by atoms with Gasteiger partial charge in [0.25, 0.3) is 5.91 Å². The standard InChI is InChI=1S/C22H23N3O6/c23-22(28)24-16-4-1-3-15(11-16)21(27)31-13-20(26)25-8-2-5-17(25)14-6-7-18-19(12-14)30-10-9-29-18/h1,3-4,6-7,11-12,17H,2,5,8-10,13H2,(H3,23,24,28). The number of urea groups is 1. The van der Waals surface area contributed by atoms with Crippen molar-refractivity contribution in [1.82, 2.24) is 4.90 Å². The summed E-state index contributed by atoms with van der Waals surface area (Å²) in [5.41, 5.74) is 6.63. The molecule has 162 valence electrons. The minimum Gasteiger partial charge on any atom is -0.486 e. The number of ether oxygens (including phenoxy) is 3. The Morgan fingerprint density at radius 3 is 2.71 bits per heavy atom. The van der Waals surface area contributed by atoms with E-state index in [2.05, 4.69) is 5.32 Å². The first-order chi connectivity index (χ1) is 15.0. The molecule has 2 aromatic carbocycles. The quantitative estimate of drug-likeness (QED) is 0.710. The number of primary amides is 1. The van der Waals surface area contributed by atoms with Gasteiger partial charge in [-0.1, -0.05) is 12.1 Å². The number of fused-ring (bicyclic) bond motifs is 1. The van der Waals surface area contributed by atoms with E-state index in [1.807, 2.05) is 18.2 Å². The van der Waals surface area contributed by atoms with Crippen LogP contribution in [0.1, 0.15) is 34.8 Å². The number of carbonyl (C=O) groups is 3. The van der Waals surface area contributed by atoms with E-state index in [9.17, 15) is 14.4 Å². The molecule has 1 unspecified atom stereocenters. The number of benzene rings is 2. The van der Waals surface area contributed by atoms with Crippen molar-refractivity contribution in [2.45, 2.75) is 18.9 Å². The van der Waals surface area contributed by atoms with Crippen LogP contribution < -0.4 is 20.5 Å². The van der Waals surface area contributed by atoms with Crippen LogP contribution in [0.15, 0.2) is 42.5 Å². The van der Waals surface area contributed by atoms with E-state index >= 15 is 0 Å². The van der Waals surface area contributed by atoms with Crippen LogP contribution in [0, 0.1) is 0 Å². The van der Waals surface area contributed by atoms with Crippen molar-refractivity contribution in [2.75, 3.05) is 31.7 Å². The van der Waals surface area contributed by atoms with Crippen LogP contribution in [0.25, 0.3) is 0 Å². The van der Waals surface area contributed by atoms with Gasteiger partial charge in [0.15, 0.2) is 18.1 Å². The summed E-state index contributed by atoms with van der Waals surface area (Å²) in [6.45, 7) is 1.24. The molecule has 1 atom stereocenters. The average molecular weight is 425 g/mol. The predicted molar refractivity (Wildman–Crippen MR) is 111 cm³/mol. The summed E-state index contributed by atoms with van der Waals surface area (Å²) in [4.78, 5) is 37.8. The molecule has 0 saturated carbocycles. The van der Waals surface area contributed by atoms with Crippen molar-refractivity contribution in [1.29, 1.82) is 0 Å². The van der Waals surface area contributed by atoms with Gasteiger partial charge in [0.1, 0.15) is 13.2 Å². The summed E-state index contributed by atoms with van der Waals surface area (Å²) < 4.78 is 16.4. The fourth-order valence-electron chi connectivity index (χ4n) is 3.84. The smallest absolute Gasteiger partial charge is 0.338 e. The fraction of sp³-hybridized carbons (Fsp3) is 0.318. The normalized spacial score (nSPS) is 17.2. The third kappa shape index (κ3) is 4.71. The Hall–Kier alpha value is -3.75. The maximum absolute atomic E-state index is 12.8. The molecular formula is C22H23N3O6. The van der Waals surface area contributed by atoms with Crippen molar-refractivity contribution in [3.63, 3.8) is 0 Å². The zero-order valence-electron chi connectivity index (χ0n) is 16.8. The molecule has 2 aromatic rings. The molecule has 0 aliphatic carbocycles. The van der Waals surface area contributed by atoms with Crippen LogP contribution in [0.3, 0.4) is 0 Å². The fourth-order valence-corrected chi connectivity index (χ4v) is 3.84. The van der Waals surface area contributed by atoms with Crippen molar-refractivity contribution < 1.29 is 28.6 Å². The second-order valence-corrected chi connectivity index (χ2v) is 7.29. The summed E-state index contributed by atoms with van der Waals surface area (Å²) in [5.74, 6) is 0.459. The zero-order chi connectivity index (χ0) is 21.8. The lowest BCUT2D eigenvalue weighted by molar-refractivity contribution is -0.135. The summed E-state index contributed by atoms with van der Waals surface area (Å²) in [5, 5.41) is 2.39. The lowest BCUT2D eigenvalue weighted by Crippen LogP contribution is -2.34. The van der Waals surface area contributed by atoms with Crippen LogP contribution in [-0.4, -0.2) is 49.2 Å². The molecule has 1 saturated heterocycles. The highest BCUT2D eigenvalue weighted by molar-refractivity contribution is 5.94. The molecule has 3 amide bonds. The summed E-state index contributed by atoms with van der Waals surface area (Å²) in [6, 6.07) is 11.0. The van der Waals surface area contributed by atoms with E-state index in [1.54, 1.807) is 17.0 Å². The van der Waals surface area contributed by atoms with Gasteiger partial charge in [0.05, 0.1) is 11.6 Å². The molecule has 0 radical (unpaired) electrons. The van der Waals surface area contributed by atoms with Crippen molar-refractivity contribution >= 4 is 23.6 Å². The summed E-state index contributed by atoms with van der Waals surface area (Å²) in [6.07, 6.45) is 1.68. The van der Waals surface area contributed by atoms with Gasteiger partial charge in [0.2, 0.25) is 0 Å². The Balaban J connectivity index is 1.39. The average Bonchev–Trinajstić information content (AvgIpc) is 3.27. The number of hydrogen-bond acceptors (Lipinski definition) is 6. The largest absolute Gasteiger partial charge is 0.486 e. The first kappa shape index (κ1) is 20.5. The Kier molecular flexibility index (Phi) is 5.92. The van der Waals surface area contributed by atoms with E-state index in [-0.39, 0.29) is 24.1 Å². The Morgan fingerprint density at radius 1 is 1.10 bits per heavy atom. The number of carbonyl (C=O) groups excluding carboxylic acids is 3. The minimum absolute atomic E-state index is 0.106. The number of amides is 3. The molecule has 9 nitrogen and oxygen atoms in total. The van der Waals surface area contributed by atoms with Gasteiger partial charge in [-0.05, 0) is 48.7 Å². The SMILES string of the molecule is NC(=O)Nc1cccc(C(=O)OCC(=O)N2CCCC2c2ccc3c(c2)OCCO3)c1. The first-order valence-electron chi connectivity index (χ1n) is 10.0. The topological polar surface area (TPSA) is 120 Å². The van der Waals surface area contributed by atoms with E-state index in [4.69, 9.17) is 19.9 Å². The molecule has 9 heteroatoms. The number of esters is 1. The van der Waals surface area contributed by atoms with Crippen LogP contribution in [0.5, 0.6) is 11.5 Å². The van der Waals surface area contributed by atoms with Gasteiger partial charge >= 0.3 is 12.0 Å². The van der Waals surface area contributed by atoms with Gasteiger partial charge < -0.3 is 30.2 Å². The maximum atomic E-state index is 12.8. The lowest BCUT2D eigenvalue weighted by Gasteiger charge is -2.26. The molecule has 31 heavy (non-hydrogen) atoms. The van der Waals surface area contributed by atoms with Gasteiger partial charge in [-0.2, -0.15) is 0 Å². The van der Waals surface area contributed by atoms with E-state index in [0.717, 1.165) is 18.4 Å². The molecule has 0 aromatic heterocycles. The summed E-state index contributed by atoms with van der Waals surface area (Å²) in [7, 11) is 0. The highest BCUT2D eigenvalue weighted by Crippen LogP contribution is 2.38. The molecule has 0 spiro atoms. The van der Waals surface area contributed by atoms with Gasteiger partial charge in [-0.25, -0.2) is 9.59 Å². The molecular weight excluding hydrogens is 402 g/mol. The number of nitrogens with zero attached hydrogens (tertiary/aromatic N) is 1. The Morgan fingerprint density at radius 2 is 1.90 bits per heavy atom. The monoisotopic (exact) mass is 425 g/mol. The molecule has 0 bridgehead atoms. The zero-order valence-corrected chi connectivity index (χ0v) is 16.8. The highest BCUT2D eigenvalue weighted by Gasteiger charge is 2.31. The third-order valence-corrected chi connectivity index (χ3v) is 5.22. The number of likely N-dealkylation sites (tertiary alicyclic amines) is 1. The molecule has 4 rings (SSSR count). The number of anilines is 1. The molecule has 2 aliphatic heterocycles.